The Morgan fingerprint density at radius 3 is 2.21 bits per heavy atom. The molecule has 1 saturated heterocycles. The minimum absolute atomic E-state index is 0.756. The lowest BCUT2D eigenvalue weighted by atomic mass is 10.1. The molecule has 1 aliphatic rings. The summed E-state index contributed by atoms with van der Waals surface area (Å²) in [4.78, 5) is 12.4. The van der Waals surface area contributed by atoms with Crippen LogP contribution in [0.5, 0.6) is 0 Å². The summed E-state index contributed by atoms with van der Waals surface area (Å²) in [5.74, 6) is 1.78. The molecular weight excluding hydrogens is 384 g/mol. The summed E-state index contributed by atoms with van der Waals surface area (Å²) in [6.07, 6.45) is 3.70. The lowest BCUT2D eigenvalue weighted by Gasteiger charge is -2.28. The predicted molar refractivity (Wildman–Crippen MR) is 119 cm³/mol. The Hall–Kier alpha value is -2.57. The molecule has 0 atom stereocenters. The van der Waals surface area contributed by atoms with Crippen LogP contribution < -0.4 is 4.90 Å². The second kappa shape index (κ2) is 7.45. The van der Waals surface area contributed by atoms with Crippen LogP contribution in [0.15, 0.2) is 60.7 Å². The van der Waals surface area contributed by atoms with E-state index < -0.39 is 0 Å². The first-order chi connectivity index (χ1) is 13.8. The molecule has 0 radical (unpaired) electrons. The van der Waals surface area contributed by atoms with Crippen molar-refractivity contribution in [1.29, 1.82) is 0 Å². The van der Waals surface area contributed by atoms with E-state index in [9.17, 15) is 0 Å². The van der Waals surface area contributed by atoms with Crippen LogP contribution >= 0.6 is 23.6 Å². The number of para-hydroxylation sites is 1. The van der Waals surface area contributed by atoms with Gasteiger partial charge in [-0.25, -0.2) is 9.97 Å². The molecule has 0 aliphatic carbocycles. The van der Waals surface area contributed by atoms with Gasteiger partial charge in [0.05, 0.1) is 0 Å². The van der Waals surface area contributed by atoms with E-state index in [0.717, 1.165) is 50.3 Å². The van der Waals surface area contributed by atoms with E-state index in [1.807, 2.05) is 36.4 Å². The number of aromatic nitrogens is 3. The first-order valence-corrected chi connectivity index (χ1v) is 10.8. The monoisotopic (exact) mass is 404 g/mol. The molecule has 0 bridgehead atoms. The number of thiazole rings is 1. The van der Waals surface area contributed by atoms with E-state index in [1.165, 1.54) is 19.3 Å². The van der Waals surface area contributed by atoms with Gasteiger partial charge in [0.2, 0.25) is 0 Å². The van der Waals surface area contributed by atoms with Gasteiger partial charge in [-0.3, -0.25) is 4.57 Å². The summed E-state index contributed by atoms with van der Waals surface area (Å²) in [7, 11) is 0. The molecule has 2 aromatic heterocycles. The van der Waals surface area contributed by atoms with Crippen molar-refractivity contribution in [1.82, 2.24) is 14.5 Å². The zero-order valence-electron chi connectivity index (χ0n) is 15.4. The van der Waals surface area contributed by atoms with Crippen molar-refractivity contribution >= 4 is 39.7 Å². The van der Waals surface area contributed by atoms with Gasteiger partial charge in [0.25, 0.3) is 0 Å². The van der Waals surface area contributed by atoms with Crippen LogP contribution in [-0.2, 0) is 0 Å². The van der Waals surface area contributed by atoms with Crippen molar-refractivity contribution < 1.29 is 0 Å². The molecule has 2 aromatic carbocycles. The zero-order chi connectivity index (χ0) is 18.9. The molecule has 0 unspecified atom stereocenters. The third-order valence-electron chi connectivity index (χ3n) is 5.12. The van der Waals surface area contributed by atoms with E-state index in [1.54, 1.807) is 11.3 Å². The van der Waals surface area contributed by atoms with Crippen molar-refractivity contribution in [3.63, 3.8) is 0 Å². The molecule has 0 spiro atoms. The molecule has 140 valence electrons. The van der Waals surface area contributed by atoms with Gasteiger partial charge in [0.1, 0.15) is 4.70 Å². The molecular formula is C22H20N4S2. The summed E-state index contributed by atoms with van der Waals surface area (Å²) in [6.45, 7) is 2.08. The third kappa shape index (κ3) is 3.12. The number of nitrogens with zero attached hydrogens (tertiary/aromatic N) is 4. The average molecular weight is 405 g/mol. The summed E-state index contributed by atoms with van der Waals surface area (Å²) >= 11 is 7.36. The Balaban J connectivity index is 1.79. The molecule has 4 nitrogen and oxygen atoms in total. The van der Waals surface area contributed by atoms with E-state index in [-0.39, 0.29) is 0 Å². The molecule has 0 amide bonds. The second-order valence-electron chi connectivity index (χ2n) is 6.98. The highest BCUT2D eigenvalue weighted by molar-refractivity contribution is 7.73. The molecule has 1 fully saturated rings. The lowest BCUT2D eigenvalue weighted by Crippen LogP contribution is -2.30. The molecule has 1 aliphatic heterocycles. The predicted octanol–water partition coefficient (Wildman–Crippen LogP) is 5.87. The molecule has 0 saturated carbocycles. The van der Waals surface area contributed by atoms with Crippen LogP contribution in [0, 0.1) is 3.95 Å². The lowest BCUT2D eigenvalue weighted by molar-refractivity contribution is 0.575. The standard InChI is InChI=1S/C22H20N4S2/c27-22-26(17-12-6-2-7-13-17)21-18(28-22)20(25-14-8-3-9-15-25)23-19(24-21)16-10-4-1-5-11-16/h1-2,4-7,10-13H,3,8-9,14-15H2. The van der Waals surface area contributed by atoms with Gasteiger partial charge in [-0.1, -0.05) is 59.9 Å². The number of hydrogen-bond donors (Lipinski definition) is 0. The van der Waals surface area contributed by atoms with Crippen LogP contribution in [0.4, 0.5) is 5.82 Å². The van der Waals surface area contributed by atoms with Crippen molar-refractivity contribution in [3.05, 3.63) is 64.6 Å². The van der Waals surface area contributed by atoms with Crippen molar-refractivity contribution in [3.8, 4) is 17.1 Å². The van der Waals surface area contributed by atoms with Gasteiger partial charge in [-0.15, -0.1) is 0 Å². The van der Waals surface area contributed by atoms with E-state index in [4.69, 9.17) is 22.2 Å². The number of rotatable bonds is 3. The van der Waals surface area contributed by atoms with Gasteiger partial charge in [0, 0.05) is 24.3 Å². The minimum atomic E-state index is 0.756. The molecule has 28 heavy (non-hydrogen) atoms. The molecule has 5 rings (SSSR count). The van der Waals surface area contributed by atoms with Crippen molar-refractivity contribution in [2.45, 2.75) is 19.3 Å². The number of piperidine rings is 1. The fourth-order valence-corrected chi connectivity index (χ4v) is 5.12. The summed E-state index contributed by atoms with van der Waals surface area (Å²) < 4.78 is 3.96. The van der Waals surface area contributed by atoms with Gasteiger partial charge in [-0.05, 0) is 43.6 Å². The van der Waals surface area contributed by atoms with E-state index >= 15 is 0 Å². The largest absolute Gasteiger partial charge is 0.355 e. The number of hydrogen-bond acceptors (Lipinski definition) is 5. The van der Waals surface area contributed by atoms with Crippen LogP contribution in [0.1, 0.15) is 19.3 Å². The van der Waals surface area contributed by atoms with Crippen LogP contribution in [0.25, 0.3) is 27.4 Å². The van der Waals surface area contributed by atoms with Crippen LogP contribution in [0.3, 0.4) is 0 Å². The van der Waals surface area contributed by atoms with Crippen LogP contribution in [0.2, 0.25) is 0 Å². The maximum atomic E-state index is 5.75. The smallest absolute Gasteiger partial charge is 0.168 e. The van der Waals surface area contributed by atoms with Crippen LogP contribution in [-0.4, -0.2) is 27.6 Å². The van der Waals surface area contributed by atoms with E-state index in [2.05, 4.69) is 33.7 Å². The quantitative estimate of drug-likeness (QED) is 0.400. The number of fused-ring (bicyclic) bond motifs is 1. The topological polar surface area (TPSA) is 34.0 Å². The van der Waals surface area contributed by atoms with Crippen molar-refractivity contribution in [2.24, 2.45) is 0 Å². The maximum absolute atomic E-state index is 5.75. The first kappa shape index (κ1) is 17.5. The normalized spacial score (nSPS) is 14.5. The average Bonchev–Trinajstić information content (AvgIpc) is 3.10. The minimum Gasteiger partial charge on any atom is -0.355 e. The number of anilines is 1. The van der Waals surface area contributed by atoms with Crippen molar-refractivity contribution in [2.75, 3.05) is 18.0 Å². The first-order valence-electron chi connectivity index (χ1n) is 9.61. The second-order valence-corrected chi connectivity index (χ2v) is 8.62. The highest BCUT2D eigenvalue weighted by Crippen LogP contribution is 2.35. The Kier molecular flexibility index (Phi) is 4.66. The Morgan fingerprint density at radius 1 is 0.821 bits per heavy atom. The summed E-state index contributed by atoms with van der Waals surface area (Å²) in [5, 5.41) is 0. The molecule has 6 heteroatoms. The van der Waals surface area contributed by atoms with E-state index in [0.29, 0.717) is 0 Å². The van der Waals surface area contributed by atoms with Gasteiger partial charge in [0.15, 0.2) is 21.2 Å². The Labute approximate surface area is 173 Å². The van der Waals surface area contributed by atoms with Gasteiger partial charge in [-0.2, -0.15) is 0 Å². The fraction of sp³-hybridized carbons (Fsp3) is 0.227. The Morgan fingerprint density at radius 2 is 1.50 bits per heavy atom. The fourth-order valence-electron chi connectivity index (χ4n) is 3.73. The highest BCUT2D eigenvalue weighted by atomic mass is 32.1. The maximum Gasteiger partial charge on any atom is 0.168 e. The zero-order valence-corrected chi connectivity index (χ0v) is 17.0. The molecule has 3 heterocycles. The highest BCUT2D eigenvalue weighted by Gasteiger charge is 2.21. The Bertz CT molecular complexity index is 1160. The number of benzene rings is 2. The van der Waals surface area contributed by atoms with Gasteiger partial charge < -0.3 is 4.90 Å². The third-order valence-corrected chi connectivity index (χ3v) is 6.47. The SMILES string of the molecule is S=c1sc2c(N3CCCCC3)nc(-c3ccccc3)nc2n1-c1ccccc1. The molecule has 4 aromatic rings. The molecule has 0 N–H and O–H groups in total. The summed E-state index contributed by atoms with van der Waals surface area (Å²) in [6, 6.07) is 20.4. The summed E-state index contributed by atoms with van der Waals surface area (Å²) in [5.41, 5.74) is 2.97. The van der Waals surface area contributed by atoms with Gasteiger partial charge >= 0.3 is 0 Å².